The largest absolute Gasteiger partial charge is 0.381 e. The van der Waals surface area contributed by atoms with E-state index in [0.717, 1.165) is 32.5 Å². The van der Waals surface area contributed by atoms with Gasteiger partial charge in [-0.15, -0.1) is 0 Å². The highest BCUT2D eigenvalue weighted by molar-refractivity contribution is 4.94. The van der Waals surface area contributed by atoms with Gasteiger partial charge in [-0.2, -0.15) is 0 Å². The van der Waals surface area contributed by atoms with E-state index in [1.54, 1.807) is 0 Å². The minimum atomic E-state index is -0.887. The van der Waals surface area contributed by atoms with Crippen molar-refractivity contribution < 1.29 is 9.13 Å². The summed E-state index contributed by atoms with van der Waals surface area (Å²) in [5.41, 5.74) is -0.887. The van der Waals surface area contributed by atoms with E-state index >= 15 is 0 Å². The SMILES string of the molecule is FC1(CC2CCOCC2)CNC1. The maximum absolute atomic E-state index is 13.6. The third-order valence-corrected chi connectivity index (χ3v) is 2.88. The molecule has 0 unspecified atom stereocenters. The highest BCUT2D eigenvalue weighted by atomic mass is 19.1. The molecule has 2 saturated heterocycles. The van der Waals surface area contributed by atoms with Crippen LogP contribution in [-0.2, 0) is 4.74 Å². The van der Waals surface area contributed by atoms with Crippen LogP contribution in [0.4, 0.5) is 4.39 Å². The highest BCUT2D eigenvalue weighted by Crippen LogP contribution is 2.30. The quantitative estimate of drug-likeness (QED) is 0.675. The number of hydrogen-bond donors (Lipinski definition) is 1. The lowest BCUT2D eigenvalue weighted by atomic mass is 9.84. The first-order valence-corrected chi connectivity index (χ1v) is 4.76. The van der Waals surface area contributed by atoms with Crippen LogP contribution in [0, 0.1) is 5.92 Å². The molecule has 0 atom stereocenters. The molecule has 0 amide bonds. The summed E-state index contributed by atoms with van der Waals surface area (Å²) in [6, 6.07) is 0. The van der Waals surface area contributed by atoms with Gasteiger partial charge in [-0.3, -0.25) is 0 Å². The zero-order valence-electron chi connectivity index (χ0n) is 7.31. The minimum Gasteiger partial charge on any atom is -0.381 e. The topological polar surface area (TPSA) is 21.3 Å². The third-order valence-electron chi connectivity index (χ3n) is 2.88. The molecular formula is C9H16FNO. The van der Waals surface area contributed by atoms with E-state index in [2.05, 4.69) is 5.32 Å². The van der Waals surface area contributed by atoms with Gasteiger partial charge in [0.1, 0.15) is 5.67 Å². The van der Waals surface area contributed by atoms with Gasteiger partial charge in [-0.05, 0) is 25.2 Å². The van der Waals surface area contributed by atoms with E-state index in [1.165, 1.54) is 0 Å². The van der Waals surface area contributed by atoms with Crippen LogP contribution in [0.15, 0.2) is 0 Å². The van der Waals surface area contributed by atoms with Crippen molar-refractivity contribution in [1.82, 2.24) is 5.32 Å². The van der Waals surface area contributed by atoms with Crippen molar-refractivity contribution in [3.63, 3.8) is 0 Å². The molecule has 0 aromatic carbocycles. The van der Waals surface area contributed by atoms with Crippen LogP contribution in [-0.4, -0.2) is 32.0 Å². The first-order valence-electron chi connectivity index (χ1n) is 4.76. The van der Waals surface area contributed by atoms with Gasteiger partial charge in [0.05, 0.1) is 0 Å². The molecule has 2 fully saturated rings. The molecule has 2 heterocycles. The monoisotopic (exact) mass is 173 g/mol. The fourth-order valence-corrected chi connectivity index (χ4v) is 2.01. The number of hydrogen-bond acceptors (Lipinski definition) is 2. The van der Waals surface area contributed by atoms with Gasteiger partial charge in [-0.1, -0.05) is 0 Å². The molecule has 2 aliphatic heterocycles. The molecule has 2 aliphatic rings. The summed E-state index contributed by atoms with van der Waals surface area (Å²) >= 11 is 0. The maximum atomic E-state index is 13.6. The summed E-state index contributed by atoms with van der Waals surface area (Å²) < 4.78 is 18.8. The molecular weight excluding hydrogens is 157 g/mol. The van der Waals surface area contributed by atoms with Gasteiger partial charge >= 0.3 is 0 Å². The predicted octanol–water partition coefficient (Wildman–Crippen LogP) is 1.11. The van der Waals surface area contributed by atoms with E-state index in [1.807, 2.05) is 0 Å². The van der Waals surface area contributed by atoms with Gasteiger partial charge < -0.3 is 10.1 Å². The molecule has 1 N–H and O–H groups in total. The van der Waals surface area contributed by atoms with Crippen molar-refractivity contribution in [2.75, 3.05) is 26.3 Å². The van der Waals surface area contributed by atoms with Gasteiger partial charge in [0.2, 0.25) is 0 Å². The summed E-state index contributed by atoms with van der Waals surface area (Å²) in [5.74, 6) is 0.561. The van der Waals surface area contributed by atoms with Crippen molar-refractivity contribution in [1.29, 1.82) is 0 Å². The molecule has 0 bridgehead atoms. The first-order chi connectivity index (χ1) is 5.79. The number of halogens is 1. The second kappa shape index (κ2) is 3.30. The zero-order chi connectivity index (χ0) is 8.44. The van der Waals surface area contributed by atoms with E-state index in [-0.39, 0.29) is 0 Å². The summed E-state index contributed by atoms with van der Waals surface area (Å²) in [4.78, 5) is 0. The van der Waals surface area contributed by atoms with Crippen LogP contribution >= 0.6 is 0 Å². The molecule has 0 aromatic rings. The highest BCUT2D eigenvalue weighted by Gasteiger charge is 2.39. The maximum Gasteiger partial charge on any atom is 0.136 e. The second-order valence-electron chi connectivity index (χ2n) is 4.01. The molecule has 0 saturated carbocycles. The van der Waals surface area contributed by atoms with Crippen LogP contribution in [0.25, 0.3) is 0 Å². The lowest BCUT2D eigenvalue weighted by Gasteiger charge is -2.38. The van der Waals surface area contributed by atoms with Crippen molar-refractivity contribution in [2.24, 2.45) is 5.92 Å². The van der Waals surface area contributed by atoms with Gasteiger partial charge in [0, 0.05) is 26.3 Å². The Hall–Kier alpha value is -0.150. The molecule has 0 aromatic heterocycles. The fraction of sp³-hybridized carbons (Fsp3) is 1.00. The molecule has 12 heavy (non-hydrogen) atoms. The van der Waals surface area contributed by atoms with E-state index in [4.69, 9.17) is 4.74 Å². The van der Waals surface area contributed by atoms with Crippen LogP contribution in [0.5, 0.6) is 0 Å². The normalized spacial score (nSPS) is 29.8. The Morgan fingerprint density at radius 3 is 2.50 bits per heavy atom. The zero-order valence-corrected chi connectivity index (χ0v) is 7.31. The molecule has 3 heteroatoms. The van der Waals surface area contributed by atoms with Crippen LogP contribution in [0.1, 0.15) is 19.3 Å². The number of rotatable bonds is 2. The fourth-order valence-electron chi connectivity index (χ4n) is 2.01. The van der Waals surface area contributed by atoms with Gasteiger partial charge in [0.25, 0.3) is 0 Å². The Kier molecular flexibility index (Phi) is 2.33. The van der Waals surface area contributed by atoms with E-state index < -0.39 is 5.67 Å². The smallest absolute Gasteiger partial charge is 0.136 e. The average Bonchev–Trinajstić information content (AvgIpc) is 2.04. The van der Waals surface area contributed by atoms with Gasteiger partial charge in [-0.25, -0.2) is 4.39 Å². The summed E-state index contributed by atoms with van der Waals surface area (Å²) in [5, 5.41) is 2.99. The van der Waals surface area contributed by atoms with Crippen LogP contribution in [0.2, 0.25) is 0 Å². The van der Waals surface area contributed by atoms with Crippen LogP contribution in [0.3, 0.4) is 0 Å². The molecule has 0 radical (unpaired) electrons. The Morgan fingerprint density at radius 2 is 2.00 bits per heavy atom. The first kappa shape index (κ1) is 8.45. The Labute approximate surface area is 72.5 Å². The Morgan fingerprint density at radius 1 is 1.33 bits per heavy atom. The minimum absolute atomic E-state index is 0.560. The molecule has 0 spiro atoms. The molecule has 2 rings (SSSR count). The number of ether oxygens (including phenoxy) is 1. The summed E-state index contributed by atoms with van der Waals surface area (Å²) in [7, 11) is 0. The van der Waals surface area contributed by atoms with Crippen LogP contribution < -0.4 is 5.32 Å². The Balaban J connectivity index is 1.77. The molecule has 70 valence electrons. The number of nitrogens with one attached hydrogen (secondary N) is 1. The number of alkyl halides is 1. The average molecular weight is 173 g/mol. The third kappa shape index (κ3) is 1.77. The van der Waals surface area contributed by atoms with E-state index in [0.29, 0.717) is 19.0 Å². The van der Waals surface area contributed by atoms with Crippen molar-refractivity contribution >= 4 is 0 Å². The van der Waals surface area contributed by atoms with Gasteiger partial charge in [0.15, 0.2) is 0 Å². The standard InChI is InChI=1S/C9H16FNO/c10-9(6-11-7-9)5-8-1-3-12-4-2-8/h8,11H,1-7H2. The lowest BCUT2D eigenvalue weighted by Crippen LogP contribution is -2.57. The molecule has 0 aliphatic carbocycles. The lowest BCUT2D eigenvalue weighted by molar-refractivity contribution is 0.0141. The van der Waals surface area contributed by atoms with Crippen molar-refractivity contribution in [3.05, 3.63) is 0 Å². The second-order valence-corrected chi connectivity index (χ2v) is 4.01. The molecule has 2 nitrogen and oxygen atoms in total. The summed E-state index contributed by atoms with van der Waals surface area (Å²) in [6.45, 7) is 2.77. The van der Waals surface area contributed by atoms with Crippen molar-refractivity contribution in [2.45, 2.75) is 24.9 Å². The predicted molar refractivity (Wildman–Crippen MR) is 44.9 cm³/mol. The van der Waals surface area contributed by atoms with E-state index in [9.17, 15) is 4.39 Å². The Bertz CT molecular complexity index is 153. The van der Waals surface area contributed by atoms with Crippen molar-refractivity contribution in [3.8, 4) is 0 Å². The summed E-state index contributed by atoms with van der Waals surface area (Å²) in [6.07, 6.45) is 2.83.